The van der Waals surface area contributed by atoms with Crippen LogP contribution in [0.25, 0.3) is 0 Å². The molecule has 5 heteroatoms. The molecule has 0 spiro atoms. The lowest BCUT2D eigenvalue weighted by atomic mass is 10.2. The molecule has 3 rings (SSSR count). The summed E-state index contributed by atoms with van der Waals surface area (Å²) < 4.78 is 4.91. The monoisotopic (exact) mass is 320 g/mol. The summed E-state index contributed by atoms with van der Waals surface area (Å²) in [5, 5.41) is 2.75. The molecule has 120 valence electrons. The van der Waals surface area contributed by atoms with E-state index in [0.29, 0.717) is 18.7 Å². The highest BCUT2D eigenvalue weighted by Crippen LogP contribution is 2.18. The molecule has 2 amide bonds. The van der Waals surface area contributed by atoms with Crippen molar-refractivity contribution in [1.29, 1.82) is 0 Å². The van der Waals surface area contributed by atoms with Crippen molar-refractivity contribution in [2.75, 3.05) is 24.6 Å². The maximum Gasteiger partial charge on any atom is 0.414 e. The molecule has 1 aliphatic heterocycles. The van der Waals surface area contributed by atoms with Gasteiger partial charge in [0.1, 0.15) is 6.61 Å². The summed E-state index contributed by atoms with van der Waals surface area (Å²) in [6, 6.07) is 16.4. The molecule has 0 bridgehead atoms. The summed E-state index contributed by atoms with van der Waals surface area (Å²) in [6.07, 6.45) is -0.322. The molecule has 24 heavy (non-hydrogen) atoms. The fourth-order valence-corrected chi connectivity index (χ4v) is 2.31. The molecule has 1 N–H and O–H groups in total. The Labute approximate surface area is 140 Å². The first-order valence-corrected chi connectivity index (χ1v) is 7.60. The molecule has 0 radical (unpaired) electrons. The minimum Gasteiger partial charge on any atom is -0.447 e. The molecule has 1 aliphatic rings. The van der Waals surface area contributed by atoms with Gasteiger partial charge < -0.3 is 10.1 Å². The molecule has 2 aromatic rings. The topological polar surface area (TPSA) is 58.6 Å². The number of carbonyl (C=O) groups excluding carboxylic acids is 2. The van der Waals surface area contributed by atoms with E-state index in [4.69, 9.17) is 4.74 Å². The van der Waals surface area contributed by atoms with Crippen molar-refractivity contribution in [2.45, 2.75) is 0 Å². The van der Waals surface area contributed by atoms with Crippen molar-refractivity contribution in [2.24, 2.45) is 0 Å². The Kier molecular flexibility index (Phi) is 4.78. The first-order chi connectivity index (χ1) is 11.7. The Hall–Kier alpha value is -3.26. The lowest BCUT2D eigenvalue weighted by molar-refractivity contribution is 0.0958. The third-order valence-corrected chi connectivity index (χ3v) is 3.55. The van der Waals surface area contributed by atoms with Crippen molar-refractivity contribution >= 4 is 17.7 Å². The van der Waals surface area contributed by atoms with Crippen LogP contribution in [0, 0.1) is 11.8 Å². The van der Waals surface area contributed by atoms with Crippen LogP contribution in [0.5, 0.6) is 0 Å². The first-order valence-electron chi connectivity index (χ1n) is 7.60. The quantitative estimate of drug-likeness (QED) is 0.884. The highest BCUT2D eigenvalue weighted by Gasteiger charge is 2.23. The van der Waals surface area contributed by atoms with Gasteiger partial charge in [0.15, 0.2) is 0 Å². The van der Waals surface area contributed by atoms with Gasteiger partial charge in [-0.05, 0) is 36.4 Å². The summed E-state index contributed by atoms with van der Waals surface area (Å²) in [4.78, 5) is 24.9. The largest absolute Gasteiger partial charge is 0.447 e. The smallest absolute Gasteiger partial charge is 0.414 e. The average molecular weight is 320 g/mol. The van der Waals surface area contributed by atoms with Crippen LogP contribution in [0.1, 0.15) is 15.9 Å². The SMILES string of the molecule is O=C(NCC#Cc1ccc(N2CCOC2=O)cc1)c1ccccc1. The number of ether oxygens (including phenoxy) is 1. The Morgan fingerprint density at radius 1 is 1.12 bits per heavy atom. The van der Waals surface area contributed by atoms with Crippen molar-refractivity contribution < 1.29 is 14.3 Å². The van der Waals surface area contributed by atoms with Crippen molar-refractivity contribution in [3.05, 3.63) is 65.7 Å². The van der Waals surface area contributed by atoms with E-state index in [1.54, 1.807) is 17.0 Å². The predicted molar refractivity (Wildman–Crippen MR) is 90.8 cm³/mol. The van der Waals surface area contributed by atoms with Gasteiger partial charge in [-0.25, -0.2) is 4.79 Å². The van der Waals surface area contributed by atoms with Crippen molar-refractivity contribution in [3.63, 3.8) is 0 Å². The van der Waals surface area contributed by atoms with Gasteiger partial charge in [-0.15, -0.1) is 0 Å². The van der Waals surface area contributed by atoms with Gasteiger partial charge >= 0.3 is 6.09 Å². The number of benzene rings is 2. The number of rotatable bonds is 3. The first kappa shape index (κ1) is 15.6. The van der Waals surface area contributed by atoms with Gasteiger partial charge in [-0.2, -0.15) is 0 Å². The van der Waals surface area contributed by atoms with E-state index in [1.165, 1.54) is 0 Å². The van der Waals surface area contributed by atoms with Gasteiger partial charge in [-0.3, -0.25) is 9.69 Å². The number of hydrogen-bond donors (Lipinski definition) is 1. The number of nitrogens with one attached hydrogen (secondary N) is 1. The zero-order valence-corrected chi connectivity index (χ0v) is 13.0. The molecule has 2 aromatic carbocycles. The molecule has 0 saturated carbocycles. The fourth-order valence-electron chi connectivity index (χ4n) is 2.31. The normalized spacial score (nSPS) is 13.0. The van der Waals surface area contributed by atoms with Gasteiger partial charge in [0.2, 0.25) is 0 Å². The zero-order valence-electron chi connectivity index (χ0n) is 13.0. The molecule has 0 atom stereocenters. The molecule has 0 aliphatic carbocycles. The summed E-state index contributed by atoms with van der Waals surface area (Å²) in [7, 11) is 0. The Morgan fingerprint density at radius 3 is 2.54 bits per heavy atom. The molecular weight excluding hydrogens is 304 g/mol. The van der Waals surface area contributed by atoms with Crippen LogP contribution in [0.4, 0.5) is 10.5 Å². The second-order valence-electron chi connectivity index (χ2n) is 5.16. The van der Waals surface area contributed by atoms with Crippen LogP contribution >= 0.6 is 0 Å². The van der Waals surface area contributed by atoms with E-state index in [0.717, 1.165) is 11.3 Å². The zero-order chi connectivity index (χ0) is 16.8. The van der Waals surface area contributed by atoms with E-state index >= 15 is 0 Å². The summed E-state index contributed by atoms with van der Waals surface area (Å²) in [5.41, 5.74) is 2.22. The minimum atomic E-state index is -0.322. The number of carbonyl (C=O) groups is 2. The molecule has 0 unspecified atom stereocenters. The Morgan fingerprint density at radius 2 is 1.88 bits per heavy atom. The number of hydrogen-bond acceptors (Lipinski definition) is 3. The summed E-state index contributed by atoms with van der Waals surface area (Å²) >= 11 is 0. The molecule has 5 nitrogen and oxygen atoms in total. The maximum absolute atomic E-state index is 11.9. The summed E-state index contributed by atoms with van der Waals surface area (Å²) in [6.45, 7) is 1.25. The van der Waals surface area contributed by atoms with Crippen molar-refractivity contribution in [1.82, 2.24) is 5.32 Å². The van der Waals surface area contributed by atoms with Crippen LogP contribution in [0.15, 0.2) is 54.6 Å². The van der Waals surface area contributed by atoms with E-state index < -0.39 is 0 Å². The van der Waals surface area contributed by atoms with E-state index in [1.807, 2.05) is 42.5 Å². The van der Waals surface area contributed by atoms with Crippen molar-refractivity contribution in [3.8, 4) is 11.8 Å². The minimum absolute atomic E-state index is 0.146. The highest BCUT2D eigenvalue weighted by atomic mass is 16.6. The van der Waals surface area contributed by atoms with Gasteiger partial charge in [-0.1, -0.05) is 30.0 Å². The van der Waals surface area contributed by atoms with Gasteiger partial charge in [0.05, 0.1) is 13.1 Å². The van der Waals surface area contributed by atoms with Crippen LogP contribution in [0.2, 0.25) is 0 Å². The molecule has 1 saturated heterocycles. The predicted octanol–water partition coefficient (Wildman–Crippen LogP) is 2.42. The second-order valence-corrected chi connectivity index (χ2v) is 5.16. The van der Waals surface area contributed by atoms with E-state index in [2.05, 4.69) is 17.2 Å². The lowest BCUT2D eigenvalue weighted by Gasteiger charge is -2.11. The van der Waals surface area contributed by atoms with Gasteiger partial charge in [0.25, 0.3) is 5.91 Å². The fraction of sp³-hybridized carbons (Fsp3) is 0.158. The second kappa shape index (κ2) is 7.34. The molecule has 0 aromatic heterocycles. The Balaban J connectivity index is 1.54. The number of amides is 2. The summed E-state index contributed by atoms with van der Waals surface area (Å²) in [5.74, 6) is 5.75. The highest BCUT2D eigenvalue weighted by molar-refractivity contribution is 5.94. The van der Waals surface area contributed by atoms with Crippen LogP contribution in [-0.2, 0) is 4.74 Å². The van der Waals surface area contributed by atoms with E-state index in [9.17, 15) is 9.59 Å². The number of nitrogens with zero attached hydrogens (tertiary/aromatic N) is 1. The number of cyclic esters (lactones) is 1. The average Bonchev–Trinajstić information content (AvgIpc) is 3.06. The van der Waals surface area contributed by atoms with Crippen LogP contribution in [0.3, 0.4) is 0 Å². The molecule has 1 heterocycles. The standard InChI is InChI=1S/C19H16N2O3/c22-18(16-6-2-1-3-7-16)20-12-4-5-15-8-10-17(11-9-15)21-13-14-24-19(21)23/h1-3,6-11H,12-14H2,(H,20,22). The molecule has 1 fully saturated rings. The Bertz CT molecular complexity index is 789. The third-order valence-electron chi connectivity index (χ3n) is 3.55. The molecular formula is C19H16N2O3. The van der Waals surface area contributed by atoms with Crippen LogP contribution < -0.4 is 10.2 Å². The van der Waals surface area contributed by atoms with Gasteiger partial charge in [0, 0.05) is 16.8 Å². The lowest BCUT2D eigenvalue weighted by Crippen LogP contribution is -2.23. The van der Waals surface area contributed by atoms with Crippen LogP contribution in [-0.4, -0.2) is 31.7 Å². The number of anilines is 1. The maximum atomic E-state index is 11.9. The third kappa shape index (κ3) is 3.73. The van der Waals surface area contributed by atoms with E-state index in [-0.39, 0.29) is 18.5 Å².